The fourth-order valence-corrected chi connectivity index (χ4v) is 3.17. The van der Waals surface area contributed by atoms with E-state index in [1.54, 1.807) is 7.11 Å². The van der Waals surface area contributed by atoms with E-state index in [0.29, 0.717) is 0 Å². The molecule has 0 aliphatic carbocycles. The van der Waals surface area contributed by atoms with Crippen molar-refractivity contribution in [3.63, 3.8) is 0 Å². The smallest absolute Gasteiger partial charge is 0.137 e. The van der Waals surface area contributed by atoms with E-state index in [1.807, 2.05) is 12.1 Å². The lowest BCUT2D eigenvalue weighted by Gasteiger charge is -2.23. The molecule has 0 atom stereocenters. The van der Waals surface area contributed by atoms with Crippen LogP contribution in [0.15, 0.2) is 48.5 Å². The first-order valence-electron chi connectivity index (χ1n) is 9.78. The molecule has 0 saturated carbocycles. The minimum atomic E-state index is 0.728. The second-order valence-electron chi connectivity index (χ2n) is 7.78. The van der Waals surface area contributed by atoms with Crippen molar-refractivity contribution in [2.75, 3.05) is 41.4 Å². The van der Waals surface area contributed by atoms with Crippen molar-refractivity contribution >= 4 is 11.1 Å². The van der Waals surface area contributed by atoms with Gasteiger partial charge in [0.25, 0.3) is 0 Å². The topological polar surface area (TPSA) is 18.5 Å². The summed E-state index contributed by atoms with van der Waals surface area (Å²) in [5.74, 6) is 1.83. The molecule has 0 amide bonds. The van der Waals surface area contributed by atoms with Crippen molar-refractivity contribution in [2.45, 2.75) is 26.7 Å². The van der Waals surface area contributed by atoms with Crippen LogP contribution in [0.2, 0.25) is 0 Å². The van der Waals surface area contributed by atoms with Crippen molar-refractivity contribution in [2.24, 2.45) is 0 Å². The van der Waals surface area contributed by atoms with Crippen LogP contribution in [0.25, 0.3) is 11.1 Å². The van der Waals surface area contributed by atoms with Crippen LogP contribution in [0, 0.1) is 0 Å². The predicted octanol–water partition coefficient (Wildman–Crippen LogP) is 5.51. The molecule has 0 aliphatic rings. The molecule has 0 fully saturated rings. The van der Waals surface area contributed by atoms with Gasteiger partial charge >= 0.3 is 0 Å². The number of rotatable bonds is 9. The molecule has 0 saturated heterocycles. The van der Waals surface area contributed by atoms with Gasteiger partial charge in [-0.1, -0.05) is 38.1 Å². The van der Waals surface area contributed by atoms with E-state index < -0.39 is 0 Å². The van der Waals surface area contributed by atoms with Crippen LogP contribution < -0.4 is 9.47 Å². The minimum absolute atomic E-state index is 0.728. The second-order valence-corrected chi connectivity index (χ2v) is 7.78. The number of likely N-dealkylation sites (N-methyl/N-ethyl adjacent to an activating group) is 1. The zero-order valence-corrected chi connectivity index (χ0v) is 17.7. The van der Waals surface area contributed by atoms with E-state index >= 15 is 0 Å². The fraction of sp³-hybridized carbons (Fsp3) is 0.417. The van der Waals surface area contributed by atoms with Crippen LogP contribution in [0.3, 0.4) is 0 Å². The lowest BCUT2D eigenvalue weighted by atomic mass is 9.91. The number of nitrogens with zero attached hydrogens (tertiary/aromatic N) is 1. The molecule has 3 nitrogen and oxygen atoms in total. The van der Waals surface area contributed by atoms with Gasteiger partial charge in [0.2, 0.25) is 0 Å². The van der Waals surface area contributed by atoms with Gasteiger partial charge in [0.15, 0.2) is 0 Å². The molecule has 0 heterocycles. The Morgan fingerprint density at radius 3 is 1.56 bits per heavy atom. The normalized spacial score (nSPS) is 12.5. The Morgan fingerprint density at radius 1 is 0.741 bits per heavy atom. The molecular weight excluding hydrogens is 334 g/mol. The van der Waals surface area contributed by atoms with Crippen molar-refractivity contribution in [1.82, 2.24) is 0 Å². The number of hydrogen-bond acceptors (Lipinski definition) is 2. The van der Waals surface area contributed by atoms with Gasteiger partial charge in [-0.05, 0) is 59.4 Å². The molecule has 0 aromatic heterocycles. The van der Waals surface area contributed by atoms with Crippen molar-refractivity contribution in [3.8, 4) is 11.5 Å². The van der Waals surface area contributed by atoms with Gasteiger partial charge in [-0.2, -0.15) is 0 Å². The van der Waals surface area contributed by atoms with Gasteiger partial charge in [0.05, 0.1) is 28.3 Å². The molecule has 0 radical (unpaired) electrons. The molecule has 0 bridgehead atoms. The van der Waals surface area contributed by atoms with Crippen molar-refractivity contribution in [3.05, 3.63) is 59.7 Å². The second kappa shape index (κ2) is 9.61. The van der Waals surface area contributed by atoms with Crippen LogP contribution in [0.1, 0.15) is 37.8 Å². The lowest BCUT2D eigenvalue weighted by molar-refractivity contribution is -0.870. The van der Waals surface area contributed by atoms with Gasteiger partial charge < -0.3 is 14.0 Å². The summed E-state index contributed by atoms with van der Waals surface area (Å²) in [6, 6.07) is 16.9. The number of benzene rings is 2. The summed E-state index contributed by atoms with van der Waals surface area (Å²) in [6.45, 7) is 6.16. The number of hydrogen-bond donors (Lipinski definition) is 0. The van der Waals surface area contributed by atoms with E-state index in [0.717, 1.165) is 42.0 Å². The molecule has 3 heteroatoms. The van der Waals surface area contributed by atoms with Gasteiger partial charge in [0.1, 0.15) is 24.7 Å². The molecule has 0 N–H and O–H groups in total. The first kappa shape index (κ1) is 21.0. The summed E-state index contributed by atoms with van der Waals surface area (Å²) >= 11 is 0. The monoisotopic (exact) mass is 368 g/mol. The highest BCUT2D eigenvalue weighted by molar-refractivity contribution is 5.90. The minimum Gasteiger partial charge on any atom is -0.497 e. The van der Waals surface area contributed by atoms with E-state index in [2.05, 4.69) is 71.4 Å². The van der Waals surface area contributed by atoms with Crippen molar-refractivity contribution in [1.29, 1.82) is 0 Å². The van der Waals surface area contributed by atoms with Gasteiger partial charge in [-0.25, -0.2) is 0 Å². The Bertz CT molecular complexity index is 737. The summed E-state index contributed by atoms with van der Waals surface area (Å²) in [7, 11) is 8.23. The zero-order valence-electron chi connectivity index (χ0n) is 17.7. The van der Waals surface area contributed by atoms with Crippen LogP contribution >= 0.6 is 0 Å². The van der Waals surface area contributed by atoms with Crippen LogP contribution in [0.5, 0.6) is 11.5 Å². The molecule has 0 aliphatic heterocycles. The van der Waals surface area contributed by atoms with E-state index in [-0.39, 0.29) is 0 Å². The highest BCUT2D eigenvalue weighted by atomic mass is 16.5. The third-order valence-electron chi connectivity index (χ3n) is 4.74. The maximum Gasteiger partial charge on any atom is 0.137 e. The van der Waals surface area contributed by atoms with Gasteiger partial charge in [-0.15, -0.1) is 0 Å². The van der Waals surface area contributed by atoms with Crippen LogP contribution in [0.4, 0.5) is 0 Å². The zero-order chi connectivity index (χ0) is 19.9. The molecule has 0 unspecified atom stereocenters. The first-order chi connectivity index (χ1) is 12.9. The average Bonchev–Trinajstić information content (AvgIpc) is 2.66. The van der Waals surface area contributed by atoms with Gasteiger partial charge in [-0.3, -0.25) is 0 Å². The molecule has 0 spiro atoms. The number of allylic oxidation sites excluding steroid dienone is 2. The fourth-order valence-electron chi connectivity index (χ4n) is 3.17. The largest absolute Gasteiger partial charge is 0.497 e. The third-order valence-corrected chi connectivity index (χ3v) is 4.74. The van der Waals surface area contributed by atoms with E-state index in [1.165, 1.54) is 22.3 Å². The summed E-state index contributed by atoms with van der Waals surface area (Å²) in [4.78, 5) is 0. The SMILES string of the molecule is CCC(=C(CC)c1ccc(OCC[N+](C)(C)C)cc1)c1ccc(OC)cc1. The van der Waals surface area contributed by atoms with Crippen LogP contribution in [-0.4, -0.2) is 45.9 Å². The molecule has 2 aromatic carbocycles. The Morgan fingerprint density at radius 2 is 1.19 bits per heavy atom. The summed E-state index contributed by atoms with van der Waals surface area (Å²) in [6.07, 6.45) is 1.99. The maximum absolute atomic E-state index is 5.90. The standard InChI is InChI=1S/C24H34NO2/c1-7-23(19-9-13-21(26-6)14-10-19)24(8-2)20-11-15-22(16-12-20)27-18-17-25(3,4)5/h9-16H,7-8,17-18H2,1-6H3/q+1. The predicted molar refractivity (Wildman–Crippen MR) is 115 cm³/mol. The maximum atomic E-state index is 5.90. The number of ether oxygens (including phenoxy) is 2. The van der Waals surface area contributed by atoms with E-state index in [4.69, 9.17) is 9.47 Å². The van der Waals surface area contributed by atoms with Gasteiger partial charge in [0, 0.05) is 0 Å². The molecule has 146 valence electrons. The summed E-state index contributed by atoms with van der Waals surface area (Å²) < 4.78 is 12.1. The molecular formula is C24H34NO2+. The quantitative estimate of drug-likeness (QED) is 0.429. The average molecular weight is 369 g/mol. The molecule has 27 heavy (non-hydrogen) atoms. The Hall–Kier alpha value is -2.26. The number of quaternary nitrogens is 1. The number of methoxy groups -OCH3 is 1. The third kappa shape index (κ3) is 6.14. The highest BCUT2D eigenvalue weighted by Crippen LogP contribution is 2.32. The molecule has 2 rings (SSSR count). The summed E-state index contributed by atoms with van der Waals surface area (Å²) in [5.41, 5.74) is 5.31. The Kier molecular flexibility index (Phi) is 7.49. The highest BCUT2D eigenvalue weighted by Gasteiger charge is 2.10. The first-order valence-corrected chi connectivity index (χ1v) is 9.78. The van der Waals surface area contributed by atoms with E-state index in [9.17, 15) is 0 Å². The molecule has 2 aromatic rings. The Labute approximate surface area is 164 Å². The Balaban J connectivity index is 2.22. The summed E-state index contributed by atoms with van der Waals surface area (Å²) in [5, 5.41) is 0. The van der Waals surface area contributed by atoms with Crippen LogP contribution in [-0.2, 0) is 0 Å². The lowest BCUT2D eigenvalue weighted by Crippen LogP contribution is -2.38. The van der Waals surface area contributed by atoms with Crippen molar-refractivity contribution < 1.29 is 14.0 Å².